The third kappa shape index (κ3) is 3.33. The van der Waals surface area contributed by atoms with Crippen molar-refractivity contribution >= 4 is 17.6 Å². The first-order valence-electron chi connectivity index (χ1n) is 6.83. The van der Waals surface area contributed by atoms with Crippen molar-refractivity contribution in [2.24, 2.45) is 0 Å². The molecule has 1 aromatic carbocycles. The van der Waals surface area contributed by atoms with Crippen molar-refractivity contribution in [3.8, 4) is 5.75 Å². The zero-order chi connectivity index (χ0) is 15.6. The molecule has 1 unspecified atom stereocenters. The van der Waals surface area contributed by atoms with E-state index in [0.29, 0.717) is 17.0 Å². The lowest BCUT2D eigenvalue weighted by atomic mass is 10.1. The van der Waals surface area contributed by atoms with Gasteiger partial charge in [-0.2, -0.15) is 0 Å². The quantitative estimate of drug-likeness (QED) is 0.845. The van der Waals surface area contributed by atoms with Crippen molar-refractivity contribution in [1.29, 1.82) is 0 Å². The molecule has 1 aromatic rings. The van der Waals surface area contributed by atoms with Gasteiger partial charge >= 0.3 is 5.97 Å². The van der Waals surface area contributed by atoms with Crippen LogP contribution in [0.15, 0.2) is 18.2 Å². The van der Waals surface area contributed by atoms with Crippen LogP contribution in [0, 0.1) is 0 Å². The number of aliphatic hydroxyl groups is 1. The van der Waals surface area contributed by atoms with Crippen molar-refractivity contribution < 1.29 is 24.2 Å². The zero-order valence-electron chi connectivity index (χ0n) is 12.3. The van der Waals surface area contributed by atoms with E-state index >= 15 is 0 Å². The number of carbonyl (C=O) groups is 2. The number of aliphatic hydroxyl groups excluding tert-OH is 1. The first kappa shape index (κ1) is 15.3. The van der Waals surface area contributed by atoms with E-state index in [2.05, 4.69) is 0 Å². The molecule has 0 bridgehead atoms. The molecule has 0 saturated heterocycles. The van der Waals surface area contributed by atoms with Gasteiger partial charge in [-0.3, -0.25) is 14.5 Å². The monoisotopic (exact) mass is 293 g/mol. The van der Waals surface area contributed by atoms with Crippen molar-refractivity contribution in [2.75, 3.05) is 11.4 Å². The summed E-state index contributed by atoms with van der Waals surface area (Å²) in [5, 5.41) is 9.16. The molecule has 1 heterocycles. The molecule has 6 heteroatoms. The summed E-state index contributed by atoms with van der Waals surface area (Å²) in [5.74, 6) is -0.282. The standard InChI is InChI=1S/C15H19NO5/c1-9(2)20-14(18)7-16-12-5-4-11(8-17)6-13(12)21-10(3)15(16)19/h4-6,9-10,17H,7-8H2,1-3H3. The van der Waals surface area contributed by atoms with E-state index in [9.17, 15) is 9.59 Å². The summed E-state index contributed by atoms with van der Waals surface area (Å²) < 4.78 is 10.6. The number of nitrogens with zero attached hydrogens (tertiary/aromatic N) is 1. The van der Waals surface area contributed by atoms with Gasteiger partial charge in [0.25, 0.3) is 5.91 Å². The number of fused-ring (bicyclic) bond motifs is 1. The molecule has 1 aliphatic rings. The molecule has 1 N–H and O–H groups in total. The molecule has 1 atom stereocenters. The van der Waals surface area contributed by atoms with E-state index in [1.165, 1.54) is 4.90 Å². The predicted molar refractivity (Wildman–Crippen MR) is 76.0 cm³/mol. The Kier molecular flexibility index (Phi) is 4.47. The molecule has 0 aromatic heterocycles. The second-order valence-electron chi connectivity index (χ2n) is 5.18. The summed E-state index contributed by atoms with van der Waals surface area (Å²) in [7, 11) is 0. The van der Waals surface area contributed by atoms with Crippen molar-refractivity contribution in [3.05, 3.63) is 23.8 Å². The minimum Gasteiger partial charge on any atom is -0.479 e. The van der Waals surface area contributed by atoms with Crippen molar-refractivity contribution in [2.45, 2.75) is 39.6 Å². The molecule has 0 aliphatic carbocycles. The number of hydrogen-bond acceptors (Lipinski definition) is 5. The van der Waals surface area contributed by atoms with Crippen molar-refractivity contribution in [1.82, 2.24) is 0 Å². The number of hydrogen-bond donors (Lipinski definition) is 1. The van der Waals surface area contributed by atoms with Crippen LogP contribution < -0.4 is 9.64 Å². The molecule has 0 spiro atoms. The highest BCUT2D eigenvalue weighted by Crippen LogP contribution is 2.34. The van der Waals surface area contributed by atoms with Gasteiger partial charge in [-0.05, 0) is 38.5 Å². The summed E-state index contributed by atoms with van der Waals surface area (Å²) in [6.07, 6.45) is -0.916. The lowest BCUT2D eigenvalue weighted by Crippen LogP contribution is -2.47. The third-order valence-electron chi connectivity index (χ3n) is 3.07. The van der Waals surface area contributed by atoms with Crippen LogP contribution in [0.2, 0.25) is 0 Å². The highest BCUT2D eigenvalue weighted by molar-refractivity contribution is 6.03. The fraction of sp³-hybridized carbons (Fsp3) is 0.467. The fourth-order valence-electron chi connectivity index (χ4n) is 2.15. The lowest BCUT2D eigenvalue weighted by molar-refractivity contribution is -0.146. The molecule has 0 saturated carbocycles. The minimum atomic E-state index is -0.682. The van der Waals surface area contributed by atoms with Gasteiger partial charge in [0.15, 0.2) is 6.10 Å². The predicted octanol–water partition coefficient (Wildman–Crippen LogP) is 1.24. The molecule has 0 radical (unpaired) electrons. The maximum atomic E-state index is 12.2. The van der Waals surface area contributed by atoms with Crippen LogP contribution in [-0.4, -0.2) is 35.7 Å². The van der Waals surface area contributed by atoms with E-state index in [1.807, 2.05) is 0 Å². The first-order chi connectivity index (χ1) is 9.92. The fourth-order valence-corrected chi connectivity index (χ4v) is 2.15. The van der Waals surface area contributed by atoms with Gasteiger partial charge in [0, 0.05) is 0 Å². The smallest absolute Gasteiger partial charge is 0.326 e. The largest absolute Gasteiger partial charge is 0.479 e. The van der Waals surface area contributed by atoms with Crippen molar-refractivity contribution in [3.63, 3.8) is 0 Å². The second-order valence-corrected chi connectivity index (χ2v) is 5.18. The second kappa shape index (κ2) is 6.13. The van der Waals surface area contributed by atoms with Gasteiger partial charge in [0.05, 0.1) is 18.4 Å². The SMILES string of the molecule is CC(C)OC(=O)CN1C(=O)C(C)Oc2cc(CO)ccc21. The van der Waals surface area contributed by atoms with E-state index < -0.39 is 12.1 Å². The van der Waals surface area contributed by atoms with Gasteiger partial charge < -0.3 is 14.6 Å². The molecule has 6 nitrogen and oxygen atoms in total. The third-order valence-corrected chi connectivity index (χ3v) is 3.07. The number of anilines is 1. The Morgan fingerprint density at radius 1 is 1.48 bits per heavy atom. The Morgan fingerprint density at radius 2 is 2.19 bits per heavy atom. The summed E-state index contributed by atoms with van der Waals surface area (Å²) in [6, 6.07) is 5.01. The minimum absolute atomic E-state index is 0.117. The normalized spacial score (nSPS) is 17.5. The molecule has 0 fully saturated rings. The van der Waals surface area contributed by atoms with Crippen LogP contribution in [-0.2, 0) is 20.9 Å². The number of benzene rings is 1. The number of esters is 1. The Hall–Kier alpha value is -2.08. The maximum absolute atomic E-state index is 12.2. The summed E-state index contributed by atoms with van der Waals surface area (Å²) in [4.78, 5) is 25.4. The molecule has 21 heavy (non-hydrogen) atoms. The number of ether oxygens (including phenoxy) is 2. The first-order valence-corrected chi connectivity index (χ1v) is 6.83. The van der Waals surface area contributed by atoms with Gasteiger partial charge in [-0.1, -0.05) is 6.07 Å². The van der Waals surface area contributed by atoms with Gasteiger partial charge in [-0.15, -0.1) is 0 Å². The molecule has 114 valence electrons. The van der Waals surface area contributed by atoms with Gasteiger partial charge in [0.1, 0.15) is 12.3 Å². The molecule has 2 rings (SSSR count). The van der Waals surface area contributed by atoms with Crippen LogP contribution >= 0.6 is 0 Å². The van der Waals surface area contributed by atoms with E-state index in [0.717, 1.165) is 0 Å². The van der Waals surface area contributed by atoms with Gasteiger partial charge in [-0.25, -0.2) is 0 Å². The average molecular weight is 293 g/mol. The number of rotatable bonds is 4. The van der Waals surface area contributed by atoms with Crippen LogP contribution in [0.25, 0.3) is 0 Å². The summed E-state index contributed by atoms with van der Waals surface area (Å²) in [5.41, 5.74) is 1.19. The number of carbonyl (C=O) groups excluding carboxylic acids is 2. The van der Waals surface area contributed by atoms with Crippen LogP contribution in [0.1, 0.15) is 26.3 Å². The number of amides is 1. The Labute approximate surface area is 123 Å². The lowest BCUT2D eigenvalue weighted by Gasteiger charge is -2.32. The molecular weight excluding hydrogens is 274 g/mol. The van der Waals surface area contributed by atoms with Gasteiger partial charge in [0.2, 0.25) is 0 Å². The van der Waals surface area contributed by atoms with E-state index in [-0.39, 0.29) is 25.2 Å². The van der Waals surface area contributed by atoms with E-state index in [4.69, 9.17) is 14.6 Å². The van der Waals surface area contributed by atoms with Crippen LogP contribution in [0.4, 0.5) is 5.69 Å². The van der Waals surface area contributed by atoms with Crippen LogP contribution in [0.3, 0.4) is 0 Å². The molecule has 1 amide bonds. The van der Waals surface area contributed by atoms with E-state index in [1.54, 1.807) is 39.0 Å². The molecule has 1 aliphatic heterocycles. The summed E-state index contributed by atoms with van der Waals surface area (Å²) >= 11 is 0. The topological polar surface area (TPSA) is 76.1 Å². The van der Waals surface area contributed by atoms with Crippen LogP contribution in [0.5, 0.6) is 5.75 Å². The zero-order valence-corrected chi connectivity index (χ0v) is 12.3. The Balaban J connectivity index is 2.28. The Bertz CT molecular complexity index is 555. The Morgan fingerprint density at radius 3 is 2.81 bits per heavy atom. The molecular formula is C15H19NO5. The highest BCUT2D eigenvalue weighted by atomic mass is 16.5. The average Bonchev–Trinajstić information content (AvgIpc) is 2.42. The summed E-state index contributed by atoms with van der Waals surface area (Å²) in [6.45, 7) is 4.86. The maximum Gasteiger partial charge on any atom is 0.326 e. The highest BCUT2D eigenvalue weighted by Gasteiger charge is 2.33.